The number of esters is 1. The summed E-state index contributed by atoms with van der Waals surface area (Å²) in [5.74, 6) is 0.122. The summed E-state index contributed by atoms with van der Waals surface area (Å²) in [6.07, 6.45) is 5.17. The van der Waals surface area contributed by atoms with Crippen molar-refractivity contribution in [1.29, 1.82) is 0 Å². The number of carbonyl (C=O) groups excluding carboxylic acids is 1. The number of phenols is 1. The second-order valence-electron chi connectivity index (χ2n) is 6.56. The first-order valence-corrected chi connectivity index (χ1v) is 9.87. The summed E-state index contributed by atoms with van der Waals surface area (Å²) in [6, 6.07) is 16.9. The van der Waals surface area contributed by atoms with Crippen molar-refractivity contribution < 1.29 is 19.5 Å². The third-order valence-corrected chi connectivity index (χ3v) is 4.30. The molecule has 2 aromatic rings. The smallest absolute Gasteiger partial charge is 0.305 e. The molecule has 0 radical (unpaired) electrons. The summed E-state index contributed by atoms with van der Waals surface area (Å²) >= 11 is 0. The lowest BCUT2D eigenvalue weighted by Gasteiger charge is -2.08. The Labute approximate surface area is 167 Å². The number of ether oxygens (including phenoxy) is 1. The van der Waals surface area contributed by atoms with E-state index in [0.717, 1.165) is 48.9 Å². The molecule has 0 atom stereocenters. The Morgan fingerprint density at radius 2 is 1.61 bits per heavy atom. The first-order valence-electron chi connectivity index (χ1n) is 9.87. The average Bonchev–Trinajstić information content (AvgIpc) is 2.71. The number of aromatic hydroxyl groups is 1. The zero-order valence-corrected chi connectivity index (χ0v) is 16.5. The number of hydrogen-bond donors (Lipinski definition) is 1. The number of hydrogen-bond acceptors (Lipinski definition) is 5. The summed E-state index contributed by atoms with van der Waals surface area (Å²) in [5, 5.41) is 13.7. The maximum atomic E-state index is 11.4. The van der Waals surface area contributed by atoms with Gasteiger partial charge in [0.15, 0.2) is 0 Å². The first-order chi connectivity index (χ1) is 13.7. The summed E-state index contributed by atoms with van der Waals surface area (Å²) in [7, 11) is 0. The minimum absolute atomic E-state index is 0.114. The van der Waals surface area contributed by atoms with Crippen LogP contribution in [-0.2, 0) is 21.0 Å². The lowest BCUT2D eigenvalue weighted by Crippen LogP contribution is -2.04. The number of nitrogens with zero attached hydrogens (tertiary/aromatic N) is 1. The second kappa shape index (κ2) is 12.5. The van der Waals surface area contributed by atoms with Gasteiger partial charge in [-0.2, -0.15) is 0 Å². The van der Waals surface area contributed by atoms with Crippen molar-refractivity contribution in [3.05, 3.63) is 65.7 Å². The van der Waals surface area contributed by atoms with Crippen molar-refractivity contribution in [1.82, 2.24) is 0 Å². The molecule has 0 fully saturated rings. The Morgan fingerprint density at radius 1 is 0.929 bits per heavy atom. The number of phenolic OH excluding ortho intramolecular Hbond substituents is 1. The number of oxime groups is 1. The summed E-state index contributed by atoms with van der Waals surface area (Å²) in [4.78, 5) is 16.9. The van der Waals surface area contributed by atoms with Gasteiger partial charge < -0.3 is 14.7 Å². The lowest BCUT2D eigenvalue weighted by atomic mass is 10.0. The molecule has 0 saturated heterocycles. The number of unbranched alkanes of at least 4 members (excludes halogenated alkanes) is 3. The van der Waals surface area contributed by atoms with Gasteiger partial charge in [0.2, 0.25) is 0 Å². The highest BCUT2D eigenvalue weighted by atomic mass is 16.6. The maximum Gasteiger partial charge on any atom is 0.305 e. The van der Waals surface area contributed by atoms with E-state index in [0.29, 0.717) is 19.6 Å². The van der Waals surface area contributed by atoms with Crippen LogP contribution in [0.5, 0.6) is 5.75 Å². The van der Waals surface area contributed by atoms with E-state index in [1.54, 1.807) is 12.1 Å². The first kappa shape index (κ1) is 21.5. The van der Waals surface area contributed by atoms with E-state index in [1.165, 1.54) is 0 Å². The Kier molecular flexibility index (Phi) is 9.62. The van der Waals surface area contributed by atoms with Gasteiger partial charge >= 0.3 is 5.97 Å². The molecular formula is C23H29NO4. The van der Waals surface area contributed by atoms with E-state index in [1.807, 2.05) is 49.4 Å². The van der Waals surface area contributed by atoms with E-state index < -0.39 is 0 Å². The van der Waals surface area contributed by atoms with E-state index in [2.05, 4.69) is 5.16 Å². The SMILES string of the molecule is CCOC(=O)CCCCCCC(=NOCc1ccc(O)cc1)c1ccccc1. The van der Waals surface area contributed by atoms with Crippen LogP contribution in [0.15, 0.2) is 59.8 Å². The van der Waals surface area contributed by atoms with Crippen molar-refractivity contribution in [3.8, 4) is 5.75 Å². The third-order valence-electron chi connectivity index (χ3n) is 4.30. The lowest BCUT2D eigenvalue weighted by molar-refractivity contribution is -0.143. The Morgan fingerprint density at radius 3 is 2.29 bits per heavy atom. The van der Waals surface area contributed by atoms with Gasteiger partial charge in [0, 0.05) is 6.42 Å². The molecule has 0 unspecified atom stereocenters. The van der Waals surface area contributed by atoms with Crippen LogP contribution in [0.1, 0.15) is 56.6 Å². The van der Waals surface area contributed by atoms with Crippen LogP contribution in [0, 0.1) is 0 Å². The fourth-order valence-corrected chi connectivity index (χ4v) is 2.80. The number of rotatable bonds is 12. The van der Waals surface area contributed by atoms with Crippen molar-refractivity contribution in [2.75, 3.05) is 6.61 Å². The molecular weight excluding hydrogens is 354 g/mol. The molecule has 0 heterocycles. The molecule has 0 aliphatic heterocycles. The van der Waals surface area contributed by atoms with E-state index in [4.69, 9.17) is 9.57 Å². The molecule has 0 aliphatic carbocycles. The molecule has 1 N–H and O–H groups in total. The molecule has 5 heteroatoms. The predicted molar refractivity (Wildman–Crippen MR) is 110 cm³/mol. The summed E-state index contributed by atoms with van der Waals surface area (Å²) in [5.41, 5.74) is 2.93. The van der Waals surface area contributed by atoms with Gasteiger partial charge in [0.05, 0.1) is 12.3 Å². The number of benzene rings is 2. The van der Waals surface area contributed by atoms with Crippen molar-refractivity contribution >= 4 is 11.7 Å². The van der Waals surface area contributed by atoms with Crippen molar-refractivity contribution in [2.24, 2.45) is 5.16 Å². The molecule has 2 rings (SSSR count). The molecule has 0 aromatic heterocycles. The van der Waals surface area contributed by atoms with Gasteiger partial charge in [-0.15, -0.1) is 0 Å². The van der Waals surface area contributed by atoms with Crippen LogP contribution >= 0.6 is 0 Å². The second-order valence-corrected chi connectivity index (χ2v) is 6.56. The molecule has 0 amide bonds. The Hall–Kier alpha value is -2.82. The standard InChI is InChI=1S/C23H29NO4/c1-2-27-23(26)13-9-4-3-8-12-22(20-10-6-5-7-11-20)24-28-18-19-14-16-21(25)17-15-19/h5-7,10-11,14-17,25H,2-4,8-9,12-13,18H2,1H3. The van der Waals surface area contributed by atoms with Crippen molar-refractivity contribution in [2.45, 2.75) is 52.1 Å². The largest absolute Gasteiger partial charge is 0.508 e. The summed E-state index contributed by atoms with van der Waals surface area (Å²) in [6.45, 7) is 2.63. The minimum Gasteiger partial charge on any atom is -0.508 e. The van der Waals surface area contributed by atoms with Gasteiger partial charge in [-0.1, -0.05) is 60.5 Å². The zero-order valence-electron chi connectivity index (χ0n) is 16.5. The molecule has 0 spiro atoms. The minimum atomic E-state index is -0.114. The monoisotopic (exact) mass is 383 g/mol. The van der Waals surface area contributed by atoms with E-state index in [9.17, 15) is 9.90 Å². The maximum absolute atomic E-state index is 11.4. The van der Waals surface area contributed by atoms with Crippen LogP contribution in [0.2, 0.25) is 0 Å². The molecule has 0 bridgehead atoms. The third kappa shape index (κ3) is 8.25. The van der Waals surface area contributed by atoms with Gasteiger partial charge in [0.1, 0.15) is 12.4 Å². The molecule has 2 aromatic carbocycles. The van der Waals surface area contributed by atoms with Crippen LogP contribution in [0.3, 0.4) is 0 Å². The van der Waals surface area contributed by atoms with Crippen LogP contribution in [0.4, 0.5) is 0 Å². The van der Waals surface area contributed by atoms with Gasteiger partial charge in [0.25, 0.3) is 0 Å². The van der Waals surface area contributed by atoms with Crippen LogP contribution in [-0.4, -0.2) is 23.4 Å². The van der Waals surface area contributed by atoms with Gasteiger partial charge in [-0.05, 0) is 49.4 Å². The van der Waals surface area contributed by atoms with E-state index in [-0.39, 0.29) is 11.7 Å². The topological polar surface area (TPSA) is 68.1 Å². The van der Waals surface area contributed by atoms with Crippen LogP contribution < -0.4 is 0 Å². The number of carbonyl (C=O) groups is 1. The summed E-state index contributed by atoms with van der Waals surface area (Å²) < 4.78 is 4.94. The highest BCUT2D eigenvalue weighted by Crippen LogP contribution is 2.14. The molecule has 28 heavy (non-hydrogen) atoms. The molecule has 0 saturated carbocycles. The molecule has 150 valence electrons. The van der Waals surface area contributed by atoms with E-state index >= 15 is 0 Å². The van der Waals surface area contributed by atoms with Gasteiger partial charge in [-0.3, -0.25) is 4.79 Å². The quantitative estimate of drug-likeness (QED) is 0.236. The fourth-order valence-electron chi connectivity index (χ4n) is 2.80. The van der Waals surface area contributed by atoms with Gasteiger partial charge in [-0.25, -0.2) is 0 Å². The highest BCUT2D eigenvalue weighted by Gasteiger charge is 2.06. The normalized spacial score (nSPS) is 11.2. The van der Waals surface area contributed by atoms with Crippen molar-refractivity contribution in [3.63, 3.8) is 0 Å². The predicted octanol–water partition coefficient (Wildman–Crippen LogP) is 5.22. The Bertz CT molecular complexity index is 726. The molecule has 0 aliphatic rings. The zero-order chi connectivity index (χ0) is 20.0. The molecule has 5 nitrogen and oxygen atoms in total. The Balaban J connectivity index is 1.81. The average molecular weight is 383 g/mol. The van der Waals surface area contributed by atoms with Crippen LogP contribution in [0.25, 0.3) is 0 Å². The highest BCUT2D eigenvalue weighted by molar-refractivity contribution is 6.00. The fraction of sp³-hybridized carbons (Fsp3) is 0.391.